The number of ether oxygens (including phenoxy) is 1. The first-order valence-corrected chi connectivity index (χ1v) is 6.34. The van der Waals surface area contributed by atoms with Crippen LogP contribution >= 0.6 is 0 Å². The molecule has 1 aromatic rings. The van der Waals surface area contributed by atoms with Gasteiger partial charge in [0, 0.05) is 24.6 Å². The predicted molar refractivity (Wildman–Crippen MR) is 82.0 cm³/mol. The van der Waals surface area contributed by atoms with Crippen LogP contribution < -0.4 is 4.57 Å². The largest absolute Gasteiger partial charge is 0.475 e. The van der Waals surface area contributed by atoms with E-state index in [2.05, 4.69) is 23.1 Å². The number of allylic oxidation sites excluding steroid dienone is 1. The number of aliphatic hydroxyl groups excluding tert-OH is 1. The Bertz CT molecular complexity index is 552. The molecule has 1 unspecified atom stereocenters. The second kappa shape index (κ2) is 9.33. The first kappa shape index (κ1) is 16.5. The van der Waals surface area contributed by atoms with Crippen LogP contribution in [0.25, 0.3) is 6.08 Å². The minimum atomic E-state index is -0.727. The van der Waals surface area contributed by atoms with Gasteiger partial charge in [-0.3, -0.25) is 0 Å². The normalized spacial score (nSPS) is 12.9. The molecule has 0 amide bonds. The van der Waals surface area contributed by atoms with Crippen LogP contribution in [0.4, 0.5) is 0 Å². The summed E-state index contributed by atoms with van der Waals surface area (Å²) in [6.07, 6.45) is 9.77. The quantitative estimate of drug-likeness (QED) is 0.427. The van der Waals surface area contributed by atoms with Gasteiger partial charge in [-0.1, -0.05) is 13.2 Å². The number of aliphatic hydroxyl groups is 1. The van der Waals surface area contributed by atoms with Crippen molar-refractivity contribution in [3.05, 3.63) is 55.8 Å². The summed E-state index contributed by atoms with van der Waals surface area (Å²) in [6, 6.07) is 1.78. The van der Waals surface area contributed by atoms with Crippen LogP contribution in [0, 0.1) is 5.41 Å². The van der Waals surface area contributed by atoms with Crippen molar-refractivity contribution in [2.75, 3.05) is 6.61 Å². The van der Waals surface area contributed by atoms with Gasteiger partial charge < -0.3 is 15.3 Å². The average Bonchev–Trinajstić information content (AvgIpc) is 2.51. The molecule has 0 aliphatic heterocycles. The fourth-order valence-electron chi connectivity index (χ4n) is 1.51. The molecule has 21 heavy (non-hydrogen) atoms. The van der Waals surface area contributed by atoms with Crippen molar-refractivity contribution in [1.29, 1.82) is 5.41 Å². The Kier molecular flexibility index (Phi) is 7.31. The Morgan fingerprint density at radius 3 is 3.05 bits per heavy atom. The summed E-state index contributed by atoms with van der Waals surface area (Å²) in [6.45, 7) is 7.65. The lowest BCUT2D eigenvalue weighted by atomic mass is 10.3. The van der Waals surface area contributed by atoms with Crippen molar-refractivity contribution in [3.63, 3.8) is 0 Å². The van der Waals surface area contributed by atoms with E-state index in [1.165, 1.54) is 18.4 Å². The van der Waals surface area contributed by atoms with Gasteiger partial charge >= 0.3 is 5.82 Å². The molecule has 1 aromatic heterocycles. The van der Waals surface area contributed by atoms with E-state index in [1.807, 2.05) is 6.20 Å². The first-order chi connectivity index (χ1) is 10.2. The smallest absolute Gasteiger partial charge is 0.322 e. The van der Waals surface area contributed by atoms with Crippen molar-refractivity contribution in [3.8, 4) is 0 Å². The van der Waals surface area contributed by atoms with Gasteiger partial charge in [0.15, 0.2) is 0 Å². The van der Waals surface area contributed by atoms with Crippen molar-refractivity contribution in [2.24, 2.45) is 4.99 Å². The molecule has 110 valence electrons. The minimum absolute atomic E-state index is 0.0712. The monoisotopic (exact) mass is 287 g/mol. The molecule has 0 aromatic carbocycles. The molecule has 1 atom stereocenters. The summed E-state index contributed by atoms with van der Waals surface area (Å²) < 4.78 is 7.12. The highest BCUT2D eigenvalue weighted by molar-refractivity contribution is 5.87. The van der Waals surface area contributed by atoms with E-state index in [0.717, 1.165) is 6.21 Å². The van der Waals surface area contributed by atoms with Crippen molar-refractivity contribution < 1.29 is 14.4 Å². The van der Waals surface area contributed by atoms with Gasteiger partial charge in [0.25, 0.3) is 0 Å². The van der Waals surface area contributed by atoms with E-state index in [0.29, 0.717) is 12.4 Å². The number of hydrogen-bond donors (Lipinski definition) is 2. The number of aliphatic imine (C=N–C) groups is 1. The lowest BCUT2D eigenvalue weighted by Crippen LogP contribution is -2.44. The van der Waals surface area contributed by atoms with Crippen LogP contribution in [-0.2, 0) is 11.3 Å². The maximum absolute atomic E-state index is 9.99. The molecule has 1 heterocycles. The summed E-state index contributed by atoms with van der Waals surface area (Å²) >= 11 is 0. The molecule has 6 heteroatoms. The van der Waals surface area contributed by atoms with Crippen LogP contribution in [0.3, 0.4) is 0 Å². The maximum Gasteiger partial charge on any atom is 0.322 e. The van der Waals surface area contributed by atoms with Gasteiger partial charge in [0.2, 0.25) is 5.90 Å². The van der Waals surface area contributed by atoms with Gasteiger partial charge in [-0.05, 0) is 17.1 Å². The number of nitrogens with one attached hydrogen (secondary N) is 1. The summed E-state index contributed by atoms with van der Waals surface area (Å²) in [5.41, 5.74) is 0. The molecule has 0 radical (unpaired) electrons. The molecule has 2 N–H and O–H groups in total. The molecule has 0 saturated carbocycles. The molecule has 0 aliphatic carbocycles. The lowest BCUT2D eigenvalue weighted by molar-refractivity contribution is -0.708. The van der Waals surface area contributed by atoms with E-state index in [9.17, 15) is 5.11 Å². The zero-order valence-corrected chi connectivity index (χ0v) is 11.7. The van der Waals surface area contributed by atoms with Crippen LogP contribution in [0.5, 0.6) is 0 Å². The van der Waals surface area contributed by atoms with Crippen molar-refractivity contribution >= 4 is 18.2 Å². The molecule has 0 bridgehead atoms. The Hall–Kier alpha value is -2.60. The second-order valence-corrected chi connectivity index (χ2v) is 3.98. The van der Waals surface area contributed by atoms with Crippen LogP contribution in [0.15, 0.2) is 55.0 Å². The Labute approximate surface area is 124 Å². The number of nitrogens with zero attached hydrogens (tertiary/aromatic N) is 3. The zero-order valence-electron chi connectivity index (χ0n) is 11.7. The molecule has 0 spiro atoms. The Balaban J connectivity index is 2.57. The van der Waals surface area contributed by atoms with Gasteiger partial charge in [-0.15, -0.1) is 0 Å². The third-order valence-electron chi connectivity index (χ3n) is 2.43. The zero-order chi connectivity index (χ0) is 15.5. The van der Waals surface area contributed by atoms with E-state index >= 15 is 0 Å². The highest BCUT2D eigenvalue weighted by Gasteiger charge is 2.13. The third kappa shape index (κ3) is 5.92. The Morgan fingerprint density at radius 2 is 2.38 bits per heavy atom. The Morgan fingerprint density at radius 1 is 1.57 bits per heavy atom. The third-order valence-corrected chi connectivity index (χ3v) is 2.43. The molecule has 0 aliphatic rings. The molecule has 1 rings (SSSR count). The fraction of sp³-hybridized carbons (Fsp3) is 0.200. The highest BCUT2D eigenvalue weighted by atomic mass is 16.5. The van der Waals surface area contributed by atoms with E-state index in [4.69, 9.17) is 10.1 Å². The lowest BCUT2D eigenvalue weighted by Gasteiger charge is -2.11. The van der Waals surface area contributed by atoms with Gasteiger partial charge in [-0.2, -0.15) is 0 Å². The summed E-state index contributed by atoms with van der Waals surface area (Å²) in [5, 5.41) is 16.8. The minimum Gasteiger partial charge on any atom is -0.475 e. The van der Waals surface area contributed by atoms with Gasteiger partial charge in [0.05, 0.1) is 6.20 Å². The second-order valence-electron chi connectivity index (χ2n) is 3.98. The number of rotatable bonds is 8. The molecular formula is C15H19N4O2+. The van der Waals surface area contributed by atoms with Gasteiger partial charge in [-0.25, -0.2) is 9.56 Å². The van der Waals surface area contributed by atoms with Crippen molar-refractivity contribution in [2.45, 2.75) is 12.6 Å². The van der Waals surface area contributed by atoms with Gasteiger partial charge in [0.1, 0.15) is 25.5 Å². The fourth-order valence-corrected chi connectivity index (χ4v) is 1.51. The topological polar surface area (TPSA) is 82.4 Å². The average molecular weight is 287 g/mol. The number of aromatic nitrogens is 2. The first-order valence-electron chi connectivity index (χ1n) is 6.34. The summed E-state index contributed by atoms with van der Waals surface area (Å²) in [7, 11) is 0. The molecule has 0 fully saturated rings. The molecule has 6 nitrogen and oxygen atoms in total. The molecular weight excluding hydrogens is 268 g/mol. The maximum atomic E-state index is 9.99. The number of hydrogen-bond acceptors (Lipinski definition) is 5. The van der Waals surface area contributed by atoms with Crippen molar-refractivity contribution in [1.82, 2.24) is 4.98 Å². The molecule has 0 saturated heterocycles. The van der Waals surface area contributed by atoms with Crippen LogP contribution in [0.2, 0.25) is 0 Å². The standard InChI is InChI=1S/C15H19N4O2/c1-3-14-17-9-6-10-19(14)11-13(20)12-21-15(4-2)18-8-5-7-16/h3-10,13,16,20H,1-2,11-12H2/q+1/b8-5-,16-7?,18-15?. The van der Waals surface area contributed by atoms with Crippen LogP contribution in [-0.4, -0.2) is 34.9 Å². The predicted octanol–water partition coefficient (Wildman–Crippen LogP) is 1.14. The highest BCUT2D eigenvalue weighted by Crippen LogP contribution is 1.94. The summed E-state index contributed by atoms with van der Waals surface area (Å²) in [4.78, 5) is 8.08. The van der Waals surface area contributed by atoms with Crippen LogP contribution in [0.1, 0.15) is 5.82 Å². The SMILES string of the molecule is C=CC(=N/C=C\C=N)OCC(O)C[n+]1cccnc1C=C. The van der Waals surface area contributed by atoms with E-state index < -0.39 is 6.10 Å². The van der Waals surface area contributed by atoms with E-state index in [1.54, 1.807) is 22.9 Å². The summed E-state index contributed by atoms with van der Waals surface area (Å²) in [5.74, 6) is 0.954. The van der Waals surface area contributed by atoms with E-state index in [-0.39, 0.29) is 12.5 Å².